The van der Waals surface area contributed by atoms with Gasteiger partial charge < -0.3 is 28.6 Å². The molecule has 54 heavy (non-hydrogen) atoms. The number of carbonyl (C=O) groups is 1. The summed E-state index contributed by atoms with van der Waals surface area (Å²) in [5.41, 5.74) is 1.84. The lowest BCUT2D eigenvalue weighted by Crippen LogP contribution is -2.32. The highest BCUT2D eigenvalue weighted by Gasteiger charge is 2.48. The molecule has 15 nitrogen and oxygen atoms in total. The predicted octanol–water partition coefficient (Wildman–Crippen LogP) is 4.07. The minimum atomic E-state index is -4.87. The minimum Gasteiger partial charge on any atom is -0.744 e. The van der Waals surface area contributed by atoms with E-state index in [1.165, 1.54) is 30.3 Å². The minimum absolute atomic E-state index is 0.00580. The van der Waals surface area contributed by atoms with Gasteiger partial charge in [0.25, 0.3) is 10.1 Å². The molecule has 0 fully saturated rings. The molecule has 0 saturated carbocycles. The van der Waals surface area contributed by atoms with Gasteiger partial charge in [-0.3, -0.25) is 9.35 Å². The lowest BCUT2D eigenvalue weighted by Gasteiger charge is -2.30. The summed E-state index contributed by atoms with van der Waals surface area (Å²) >= 11 is 0. The van der Waals surface area contributed by atoms with Gasteiger partial charge in [-0.1, -0.05) is 6.08 Å². The summed E-state index contributed by atoms with van der Waals surface area (Å²) < 4.78 is 118. The SMILES string of the molecule is COCCN1/C(=C/C=C/C2=[N+](CCCCCC(=O)O)c3ccc(S(=O)(=O)[O-])cc3C2(C)CCCS(=O)(=O)O)C(C)(CCOC)c2cc(S(=O)(=O)[O-])ccc21. The van der Waals surface area contributed by atoms with Crippen LogP contribution in [0.15, 0.2) is 70.1 Å². The molecular weight excluding hydrogens is 765 g/mol. The van der Waals surface area contributed by atoms with Crippen LogP contribution in [0.1, 0.15) is 69.9 Å². The van der Waals surface area contributed by atoms with E-state index in [-0.39, 0.29) is 24.2 Å². The Kier molecular flexibility index (Phi) is 13.7. The van der Waals surface area contributed by atoms with E-state index in [4.69, 9.17) is 14.6 Å². The molecule has 0 radical (unpaired) electrons. The van der Waals surface area contributed by atoms with E-state index >= 15 is 0 Å². The van der Waals surface area contributed by atoms with Crippen LogP contribution in [0.3, 0.4) is 0 Å². The van der Waals surface area contributed by atoms with Crippen LogP contribution in [0.25, 0.3) is 0 Å². The molecule has 0 spiro atoms. The smallest absolute Gasteiger partial charge is 0.303 e. The quantitative estimate of drug-likeness (QED) is 0.109. The number of fused-ring (bicyclic) bond motifs is 2. The van der Waals surface area contributed by atoms with Gasteiger partial charge >= 0.3 is 5.97 Å². The number of methoxy groups -OCH3 is 2. The molecule has 2 aliphatic rings. The van der Waals surface area contributed by atoms with Gasteiger partial charge in [0, 0.05) is 74.7 Å². The fraction of sp³-hybridized carbons (Fsp3) is 0.500. The van der Waals surface area contributed by atoms with E-state index in [9.17, 15) is 43.7 Å². The summed E-state index contributed by atoms with van der Waals surface area (Å²) in [6, 6.07) is 8.29. The molecule has 298 valence electrons. The molecule has 2 unspecified atom stereocenters. The number of benzene rings is 2. The lowest BCUT2D eigenvalue weighted by molar-refractivity contribution is -0.438. The van der Waals surface area contributed by atoms with E-state index in [0.717, 1.165) is 5.70 Å². The van der Waals surface area contributed by atoms with Crippen molar-refractivity contribution in [3.05, 3.63) is 71.5 Å². The van der Waals surface area contributed by atoms with E-state index in [1.54, 1.807) is 33.3 Å². The Morgan fingerprint density at radius 2 is 1.48 bits per heavy atom. The number of unbranched alkanes of at least 4 members (excludes halogenated alkanes) is 2. The maximum Gasteiger partial charge on any atom is 0.303 e. The third kappa shape index (κ3) is 9.84. The molecule has 2 aromatic carbocycles. The number of ether oxygens (including phenoxy) is 2. The summed E-state index contributed by atoms with van der Waals surface area (Å²) in [4.78, 5) is 12.3. The number of hydrogen-bond donors (Lipinski definition) is 2. The predicted molar refractivity (Wildman–Crippen MR) is 198 cm³/mol. The second-order valence-corrected chi connectivity index (χ2v) is 18.2. The number of allylic oxidation sites excluding steroid dienone is 4. The van der Waals surface area contributed by atoms with Crippen molar-refractivity contribution in [3.63, 3.8) is 0 Å². The van der Waals surface area contributed by atoms with Crippen molar-refractivity contribution in [2.45, 2.75) is 79.4 Å². The first-order valence-electron chi connectivity index (χ1n) is 17.3. The van der Waals surface area contributed by atoms with Gasteiger partial charge in [-0.05, 0) is 87.9 Å². The molecule has 2 aromatic rings. The number of hydrogen-bond acceptors (Lipinski definition) is 12. The van der Waals surface area contributed by atoms with Gasteiger partial charge in [0.15, 0.2) is 5.71 Å². The lowest BCUT2D eigenvalue weighted by atomic mass is 9.75. The first kappa shape index (κ1) is 43.2. The highest BCUT2D eigenvalue weighted by atomic mass is 32.2. The highest BCUT2D eigenvalue weighted by Crippen LogP contribution is 2.51. The maximum absolute atomic E-state index is 12.2. The summed E-state index contributed by atoms with van der Waals surface area (Å²) in [5.74, 6) is -1.47. The van der Waals surface area contributed by atoms with Crippen molar-refractivity contribution in [1.82, 2.24) is 0 Å². The van der Waals surface area contributed by atoms with E-state index < -0.39 is 57.8 Å². The average molecular weight is 812 g/mol. The van der Waals surface area contributed by atoms with Crippen LogP contribution < -0.4 is 4.90 Å². The van der Waals surface area contributed by atoms with Crippen molar-refractivity contribution < 1.29 is 62.9 Å². The monoisotopic (exact) mass is 811 g/mol. The number of carboxylic acids is 1. The van der Waals surface area contributed by atoms with Crippen molar-refractivity contribution in [1.29, 1.82) is 0 Å². The number of anilines is 1. The first-order valence-corrected chi connectivity index (χ1v) is 21.8. The molecule has 0 bridgehead atoms. The molecule has 2 atom stereocenters. The van der Waals surface area contributed by atoms with E-state index in [2.05, 4.69) is 0 Å². The van der Waals surface area contributed by atoms with Gasteiger partial charge in [0.1, 0.15) is 26.8 Å². The molecule has 4 rings (SSSR count). The van der Waals surface area contributed by atoms with Crippen LogP contribution >= 0.6 is 0 Å². The van der Waals surface area contributed by atoms with Crippen LogP contribution in [-0.2, 0) is 55.5 Å². The van der Waals surface area contributed by atoms with E-state index in [0.29, 0.717) is 80.2 Å². The highest BCUT2D eigenvalue weighted by molar-refractivity contribution is 7.86. The summed E-state index contributed by atoms with van der Waals surface area (Å²) in [6.45, 7) is 5.08. The third-order valence-corrected chi connectivity index (χ3v) is 12.6. The molecule has 2 N–H and O–H groups in total. The molecule has 0 saturated heterocycles. The molecule has 2 heterocycles. The fourth-order valence-corrected chi connectivity index (χ4v) is 8.94. The Balaban J connectivity index is 1.91. The second-order valence-electron chi connectivity index (χ2n) is 13.9. The van der Waals surface area contributed by atoms with Crippen LogP contribution in [0.2, 0.25) is 0 Å². The third-order valence-electron chi connectivity index (χ3n) is 10.2. The second kappa shape index (κ2) is 17.1. The molecule has 0 aromatic heterocycles. The number of nitrogens with zero attached hydrogens (tertiary/aromatic N) is 2. The van der Waals surface area contributed by atoms with Crippen LogP contribution in [0, 0.1) is 0 Å². The zero-order chi connectivity index (χ0) is 40.1. The van der Waals surface area contributed by atoms with Crippen LogP contribution in [0.5, 0.6) is 0 Å². The number of carboxylic acid groups (broad SMARTS) is 1. The van der Waals surface area contributed by atoms with Gasteiger partial charge in [-0.25, -0.2) is 16.8 Å². The largest absolute Gasteiger partial charge is 0.744 e. The maximum atomic E-state index is 12.2. The van der Waals surface area contributed by atoms with Crippen molar-refractivity contribution in [2.75, 3.05) is 51.2 Å². The molecular formula is C36H47N2O13S3-. The van der Waals surface area contributed by atoms with Crippen LogP contribution in [-0.4, -0.2) is 107 Å². The van der Waals surface area contributed by atoms with Crippen molar-refractivity contribution in [2.24, 2.45) is 0 Å². The molecule has 2 aliphatic heterocycles. The Hall–Kier alpha value is -3.49. The summed E-state index contributed by atoms with van der Waals surface area (Å²) in [5, 5.41) is 9.12. The Morgan fingerprint density at radius 3 is 2.07 bits per heavy atom. The topological polar surface area (TPSA) is 231 Å². The number of rotatable bonds is 20. The van der Waals surface area contributed by atoms with Gasteiger partial charge in [-0.15, -0.1) is 0 Å². The molecule has 0 aliphatic carbocycles. The zero-order valence-electron chi connectivity index (χ0n) is 30.7. The first-order chi connectivity index (χ1) is 25.2. The van der Waals surface area contributed by atoms with Crippen LogP contribution in [0.4, 0.5) is 11.4 Å². The summed E-state index contributed by atoms with van der Waals surface area (Å²) in [7, 11) is -10.9. The van der Waals surface area contributed by atoms with Crippen molar-refractivity contribution >= 4 is 53.4 Å². The average Bonchev–Trinajstić information content (AvgIpc) is 3.44. The Bertz CT molecular complexity index is 2160. The molecule has 0 amide bonds. The number of aliphatic carboxylic acids is 1. The Labute approximate surface area is 317 Å². The fourth-order valence-electron chi connectivity index (χ4n) is 7.43. The van der Waals surface area contributed by atoms with Gasteiger partial charge in [0.2, 0.25) is 5.69 Å². The summed E-state index contributed by atoms with van der Waals surface area (Å²) in [6.07, 6.45) is 7.52. The standard InChI is InChI=1S/C36H48N2O13S3/c1-35(17-9-23-52(41,42)43)28-24-26(53(44,45)46)13-15-30(28)37(19-7-5-6-12-34(39)40)32(35)10-8-11-33-36(2,18-21-50-3)29-25-27(54(47,48)49)14-16-31(29)38(33)20-22-51-4/h8,10-11,13-16,24-25H,5-7,9,12,17-23H2,1-4H3,(H3-,39,40,41,42,43,44,45,46,47,48,49)/p-1. The zero-order valence-corrected chi connectivity index (χ0v) is 33.1. The van der Waals surface area contributed by atoms with Crippen molar-refractivity contribution in [3.8, 4) is 0 Å². The van der Waals surface area contributed by atoms with Gasteiger partial charge in [0.05, 0.1) is 27.6 Å². The molecule has 18 heteroatoms. The van der Waals surface area contributed by atoms with Gasteiger partial charge in [-0.2, -0.15) is 13.0 Å². The normalized spacial score (nSPS) is 21.0. The Morgan fingerprint density at radius 1 is 0.852 bits per heavy atom. The van der Waals surface area contributed by atoms with E-state index in [1.807, 2.05) is 28.6 Å².